The van der Waals surface area contributed by atoms with Crippen molar-refractivity contribution in [3.05, 3.63) is 53.9 Å². The number of hydrogen-bond acceptors (Lipinski definition) is 4. The second kappa shape index (κ2) is 7.14. The first-order chi connectivity index (χ1) is 12.1. The second-order valence-electron chi connectivity index (χ2n) is 6.08. The van der Waals surface area contributed by atoms with E-state index < -0.39 is 0 Å². The van der Waals surface area contributed by atoms with Crippen molar-refractivity contribution in [2.75, 3.05) is 13.1 Å². The van der Waals surface area contributed by atoms with E-state index in [0.717, 1.165) is 18.4 Å². The van der Waals surface area contributed by atoms with Crippen molar-refractivity contribution < 1.29 is 9.59 Å². The van der Waals surface area contributed by atoms with Gasteiger partial charge < -0.3 is 10.6 Å². The van der Waals surface area contributed by atoms with E-state index in [2.05, 4.69) is 11.1 Å². The molecule has 126 valence electrons. The topological polar surface area (TPSA) is 100 Å². The van der Waals surface area contributed by atoms with Crippen LogP contribution in [-0.4, -0.2) is 34.8 Å². The molecule has 3 rings (SSSR count). The lowest BCUT2D eigenvalue weighted by molar-refractivity contribution is -0.123. The van der Waals surface area contributed by atoms with Crippen LogP contribution in [0.4, 0.5) is 0 Å². The molecule has 1 atom stereocenters. The molecule has 0 spiro atoms. The highest BCUT2D eigenvalue weighted by Gasteiger charge is 2.27. The molecule has 1 aromatic heterocycles. The maximum Gasteiger partial charge on any atom is 0.253 e. The molecule has 2 aromatic rings. The zero-order chi connectivity index (χ0) is 17.8. The predicted octanol–water partition coefficient (Wildman–Crippen LogP) is 1.96. The molecular formula is C19H18N4O2. The molecule has 0 radical (unpaired) electrons. The zero-order valence-electron chi connectivity index (χ0n) is 13.7. The van der Waals surface area contributed by atoms with Gasteiger partial charge in [0.2, 0.25) is 5.91 Å². The van der Waals surface area contributed by atoms with Crippen LogP contribution in [0, 0.1) is 17.2 Å². The summed E-state index contributed by atoms with van der Waals surface area (Å²) in [6.07, 6.45) is 3.05. The van der Waals surface area contributed by atoms with Gasteiger partial charge in [-0.1, -0.05) is 12.1 Å². The third-order valence-electron chi connectivity index (χ3n) is 4.45. The molecule has 6 heteroatoms. The van der Waals surface area contributed by atoms with Crippen molar-refractivity contribution in [2.24, 2.45) is 11.7 Å². The van der Waals surface area contributed by atoms with Crippen molar-refractivity contribution in [3.63, 3.8) is 0 Å². The summed E-state index contributed by atoms with van der Waals surface area (Å²) in [5, 5.41) is 9.21. The Hall–Kier alpha value is -3.20. The van der Waals surface area contributed by atoms with Gasteiger partial charge in [-0.3, -0.25) is 9.59 Å². The summed E-state index contributed by atoms with van der Waals surface area (Å²) < 4.78 is 0. The minimum absolute atomic E-state index is 0.129. The number of primary amides is 1. The van der Waals surface area contributed by atoms with E-state index in [1.165, 1.54) is 0 Å². The molecule has 2 N–H and O–H groups in total. The average molecular weight is 334 g/mol. The highest BCUT2D eigenvalue weighted by Crippen LogP contribution is 2.24. The number of hydrogen-bond donors (Lipinski definition) is 1. The molecule has 1 fully saturated rings. The molecule has 25 heavy (non-hydrogen) atoms. The molecule has 1 saturated heterocycles. The minimum atomic E-state index is -0.361. The number of likely N-dealkylation sites (tertiary alicyclic amines) is 1. The average Bonchev–Trinajstić information content (AvgIpc) is 2.67. The Balaban J connectivity index is 1.88. The fourth-order valence-corrected chi connectivity index (χ4v) is 3.12. The third kappa shape index (κ3) is 3.50. The first kappa shape index (κ1) is 16.7. The number of benzene rings is 1. The SMILES string of the molecule is N#Cc1ncccc1-c1cccc(C(=O)N2CCC[C@H](C(N)=O)C2)c1. The van der Waals surface area contributed by atoms with E-state index in [1.54, 1.807) is 41.4 Å². The first-order valence-electron chi connectivity index (χ1n) is 8.14. The fraction of sp³-hybridized carbons (Fsp3) is 0.263. The van der Waals surface area contributed by atoms with Gasteiger partial charge in [0.25, 0.3) is 5.91 Å². The molecule has 2 amide bonds. The van der Waals surface area contributed by atoms with Crippen molar-refractivity contribution in [3.8, 4) is 17.2 Å². The smallest absolute Gasteiger partial charge is 0.253 e. The van der Waals surface area contributed by atoms with E-state index >= 15 is 0 Å². The maximum absolute atomic E-state index is 12.8. The van der Waals surface area contributed by atoms with Crippen LogP contribution in [0.1, 0.15) is 28.9 Å². The van der Waals surface area contributed by atoms with Crippen molar-refractivity contribution >= 4 is 11.8 Å². The number of amides is 2. The number of piperidine rings is 1. The predicted molar refractivity (Wildman–Crippen MR) is 92.2 cm³/mol. The Morgan fingerprint density at radius 3 is 2.88 bits per heavy atom. The Bertz CT molecular complexity index is 856. The van der Waals surface area contributed by atoms with Gasteiger partial charge in [0, 0.05) is 30.4 Å². The summed E-state index contributed by atoms with van der Waals surface area (Å²) in [6.45, 7) is 0.970. The van der Waals surface area contributed by atoms with Crippen LogP contribution in [0.25, 0.3) is 11.1 Å². The molecule has 6 nitrogen and oxygen atoms in total. The fourth-order valence-electron chi connectivity index (χ4n) is 3.12. The largest absolute Gasteiger partial charge is 0.369 e. The van der Waals surface area contributed by atoms with E-state index in [4.69, 9.17) is 5.73 Å². The van der Waals surface area contributed by atoms with Gasteiger partial charge in [0.1, 0.15) is 11.8 Å². The molecular weight excluding hydrogens is 316 g/mol. The van der Waals surface area contributed by atoms with Crippen LogP contribution in [0.2, 0.25) is 0 Å². The minimum Gasteiger partial charge on any atom is -0.369 e. The Labute approximate surface area is 145 Å². The van der Waals surface area contributed by atoms with Gasteiger partial charge in [-0.15, -0.1) is 0 Å². The van der Waals surface area contributed by atoms with Crippen LogP contribution in [0.5, 0.6) is 0 Å². The Morgan fingerprint density at radius 1 is 1.28 bits per heavy atom. The summed E-state index contributed by atoms with van der Waals surface area (Å²) in [4.78, 5) is 29.9. The molecule has 0 unspecified atom stereocenters. The number of nitrogens with zero attached hydrogens (tertiary/aromatic N) is 3. The van der Waals surface area contributed by atoms with Crippen LogP contribution in [0.15, 0.2) is 42.6 Å². The van der Waals surface area contributed by atoms with Crippen LogP contribution >= 0.6 is 0 Å². The second-order valence-corrected chi connectivity index (χ2v) is 6.08. The molecule has 1 aliphatic rings. The van der Waals surface area contributed by atoms with Gasteiger partial charge >= 0.3 is 0 Å². The van der Waals surface area contributed by atoms with Gasteiger partial charge in [-0.05, 0) is 42.7 Å². The lowest BCUT2D eigenvalue weighted by atomic mass is 9.96. The standard InChI is InChI=1S/C19H18N4O2/c20-11-17-16(7-2-8-22-17)13-4-1-5-14(10-13)19(25)23-9-3-6-15(12-23)18(21)24/h1-2,4-5,7-8,10,15H,3,6,9,12H2,(H2,21,24)/t15-/m0/s1. The monoisotopic (exact) mass is 334 g/mol. The first-order valence-corrected chi connectivity index (χ1v) is 8.14. The van der Waals surface area contributed by atoms with E-state index in [0.29, 0.717) is 29.9 Å². The third-order valence-corrected chi connectivity index (χ3v) is 4.45. The number of aromatic nitrogens is 1. The van der Waals surface area contributed by atoms with Gasteiger partial charge in [0.05, 0.1) is 5.92 Å². The highest BCUT2D eigenvalue weighted by atomic mass is 16.2. The molecule has 1 aromatic carbocycles. The summed E-state index contributed by atoms with van der Waals surface area (Å²) in [6, 6.07) is 12.8. The number of carbonyl (C=O) groups excluding carboxylic acids is 2. The Morgan fingerprint density at radius 2 is 2.12 bits per heavy atom. The number of pyridine rings is 1. The van der Waals surface area contributed by atoms with Gasteiger partial charge in [0.15, 0.2) is 0 Å². The number of nitriles is 1. The Kier molecular flexibility index (Phi) is 4.75. The lowest BCUT2D eigenvalue weighted by Gasteiger charge is -2.31. The maximum atomic E-state index is 12.8. The summed E-state index contributed by atoms with van der Waals surface area (Å²) in [5.41, 5.74) is 7.68. The van der Waals surface area contributed by atoms with Crippen molar-refractivity contribution in [1.29, 1.82) is 5.26 Å². The highest BCUT2D eigenvalue weighted by molar-refractivity contribution is 5.96. The zero-order valence-corrected chi connectivity index (χ0v) is 13.7. The summed E-state index contributed by atoms with van der Waals surface area (Å²) >= 11 is 0. The van der Waals surface area contributed by atoms with Crippen molar-refractivity contribution in [2.45, 2.75) is 12.8 Å². The summed E-state index contributed by atoms with van der Waals surface area (Å²) in [5.74, 6) is -0.778. The number of carbonyl (C=O) groups is 2. The molecule has 1 aliphatic heterocycles. The summed E-state index contributed by atoms with van der Waals surface area (Å²) in [7, 11) is 0. The lowest BCUT2D eigenvalue weighted by Crippen LogP contribution is -2.44. The molecule has 0 bridgehead atoms. The quantitative estimate of drug-likeness (QED) is 0.927. The van der Waals surface area contributed by atoms with Crippen LogP contribution in [0.3, 0.4) is 0 Å². The molecule has 2 heterocycles. The molecule has 0 saturated carbocycles. The van der Waals surface area contributed by atoms with E-state index in [9.17, 15) is 14.9 Å². The van der Waals surface area contributed by atoms with Gasteiger partial charge in [-0.2, -0.15) is 5.26 Å². The van der Waals surface area contributed by atoms with Crippen molar-refractivity contribution in [1.82, 2.24) is 9.88 Å². The number of nitrogens with two attached hydrogens (primary N) is 1. The van der Waals surface area contributed by atoms with E-state index in [1.807, 2.05) is 6.07 Å². The number of rotatable bonds is 3. The van der Waals surface area contributed by atoms with Gasteiger partial charge in [-0.25, -0.2) is 4.98 Å². The molecule has 0 aliphatic carbocycles. The van der Waals surface area contributed by atoms with Crippen LogP contribution in [-0.2, 0) is 4.79 Å². The van der Waals surface area contributed by atoms with Crippen LogP contribution < -0.4 is 5.73 Å². The van der Waals surface area contributed by atoms with E-state index in [-0.39, 0.29) is 17.7 Å². The normalized spacial score (nSPS) is 16.9.